The Kier molecular flexibility index (Phi) is 6.65. The lowest BCUT2D eigenvalue weighted by Gasteiger charge is -2.30. The standard InChI is InChI=1S/C45H37N/c1-5-9-18-30(8-4)31-25-26-43-37(27-31)38-28-42-36(29-44(38)46(43)32(16-6-2)17-7-3)35-21-12-15-24-41(35)45(42)39-22-13-10-19-33(39)34-20-11-14-23-40(34)45/h5-8,10-17,19-29H,1-2,9,18H2,3-4H3/b17-7-,30-8+,32-16+. The van der Waals surface area contributed by atoms with Gasteiger partial charge < -0.3 is 4.57 Å². The molecule has 1 nitrogen and oxygen atoms in total. The van der Waals surface area contributed by atoms with E-state index in [2.05, 4.69) is 159 Å². The van der Waals surface area contributed by atoms with E-state index in [1.165, 1.54) is 77.5 Å². The Balaban J connectivity index is 1.53. The van der Waals surface area contributed by atoms with Gasteiger partial charge in [-0.05, 0) is 119 Å². The minimum absolute atomic E-state index is 0.374. The van der Waals surface area contributed by atoms with Crippen molar-refractivity contribution < 1.29 is 0 Å². The van der Waals surface area contributed by atoms with Crippen molar-refractivity contribution in [2.24, 2.45) is 0 Å². The summed E-state index contributed by atoms with van der Waals surface area (Å²) in [6, 6.07) is 39.1. The van der Waals surface area contributed by atoms with Gasteiger partial charge in [-0.2, -0.15) is 0 Å². The van der Waals surface area contributed by atoms with Crippen molar-refractivity contribution in [3.8, 4) is 22.3 Å². The molecule has 0 bridgehead atoms. The second kappa shape index (κ2) is 10.9. The molecular weight excluding hydrogens is 555 g/mol. The van der Waals surface area contributed by atoms with Gasteiger partial charge in [-0.25, -0.2) is 0 Å². The maximum atomic E-state index is 4.07. The summed E-state index contributed by atoms with van der Waals surface area (Å²) < 4.78 is 2.42. The van der Waals surface area contributed by atoms with Crippen molar-refractivity contribution in [1.82, 2.24) is 4.57 Å². The van der Waals surface area contributed by atoms with Crippen LogP contribution in [-0.2, 0) is 5.41 Å². The second-order valence-corrected chi connectivity index (χ2v) is 12.3. The van der Waals surface area contributed by atoms with E-state index in [1.54, 1.807) is 0 Å². The maximum Gasteiger partial charge on any atom is 0.0725 e. The molecular formula is C45H37N. The molecule has 0 N–H and O–H groups in total. The molecule has 0 fully saturated rings. The highest BCUT2D eigenvalue weighted by Gasteiger charge is 2.51. The van der Waals surface area contributed by atoms with E-state index in [4.69, 9.17) is 0 Å². The normalized spacial score (nSPS) is 14.6. The third-order valence-electron chi connectivity index (χ3n) is 10.1. The molecule has 222 valence electrons. The molecule has 0 saturated carbocycles. The maximum absolute atomic E-state index is 4.07. The zero-order valence-corrected chi connectivity index (χ0v) is 26.6. The Bertz CT molecular complexity index is 2270. The summed E-state index contributed by atoms with van der Waals surface area (Å²) >= 11 is 0. The van der Waals surface area contributed by atoms with E-state index in [9.17, 15) is 0 Å². The van der Waals surface area contributed by atoms with E-state index in [0.29, 0.717) is 0 Å². The lowest BCUT2D eigenvalue weighted by atomic mass is 9.70. The van der Waals surface area contributed by atoms with E-state index in [-0.39, 0.29) is 5.41 Å². The van der Waals surface area contributed by atoms with Crippen LogP contribution in [0, 0.1) is 0 Å². The van der Waals surface area contributed by atoms with Gasteiger partial charge in [-0.1, -0.05) is 110 Å². The molecule has 2 aliphatic rings. The number of hydrogen-bond acceptors (Lipinski definition) is 0. The predicted molar refractivity (Wildman–Crippen MR) is 198 cm³/mol. The molecule has 6 aromatic rings. The fraction of sp³-hybridized carbons (Fsp3) is 0.111. The Morgan fingerprint density at radius 2 is 1.28 bits per heavy atom. The number of rotatable bonds is 7. The minimum atomic E-state index is -0.374. The van der Waals surface area contributed by atoms with Gasteiger partial charge in [0.05, 0.1) is 16.4 Å². The summed E-state index contributed by atoms with van der Waals surface area (Å²) in [5.74, 6) is 0. The van der Waals surface area contributed by atoms with Gasteiger partial charge in [0.1, 0.15) is 0 Å². The summed E-state index contributed by atoms with van der Waals surface area (Å²) in [5, 5.41) is 2.53. The Labute approximate surface area is 271 Å². The van der Waals surface area contributed by atoms with E-state index >= 15 is 0 Å². The largest absolute Gasteiger partial charge is 0.309 e. The lowest BCUT2D eigenvalue weighted by Crippen LogP contribution is -2.25. The first-order valence-corrected chi connectivity index (χ1v) is 16.3. The average molecular weight is 592 g/mol. The SMILES string of the molecule is C=C/C=C(\C=C/C)n1c2ccc(/C(=C/C)CCC=C)cc2c2cc3c(cc21)-c1ccccc1C31c2ccccc2-c2ccccc21. The lowest BCUT2D eigenvalue weighted by molar-refractivity contribution is 0.795. The number of aromatic nitrogens is 1. The van der Waals surface area contributed by atoms with Crippen LogP contribution in [0.2, 0.25) is 0 Å². The number of hydrogen-bond donors (Lipinski definition) is 0. The van der Waals surface area contributed by atoms with Crippen LogP contribution in [0.15, 0.2) is 153 Å². The second-order valence-electron chi connectivity index (χ2n) is 12.3. The molecule has 0 unspecified atom stereocenters. The summed E-state index contributed by atoms with van der Waals surface area (Å²) in [7, 11) is 0. The van der Waals surface area contributed by atoms with Crippen molar-refractivity contribution in [2.75, 3.05) is 0 Å². The van der Waals surface area contributed by atoms with E-state index in [0.717, 1.165) is 18.5 Å². The molecule has 0 atom stereocenters. The summed E-state index contributed by atoms with van der Waals surface area (Å²) in [6.45, 7) is 12.3. The first kappa shape index (κ1) is 28.1. The first-order chi connectivity index (χ1) is 22.7. The third-order valence-corrected chi connectivity index (χ3v) is 10.1. The van der Waals surface area contributed by atoms with Crippen LogP contribution in [0.25, 0.3) is 55.3 Å². The van der Waals surface area contributed by atoms with Crippen molar-refractivity contribution >= 4 is 33.1 Å². The van der Waals surface area contributed by atoms with Crippen molar-refractivity contribution in [1.29, 1.82) is 0 Å². The van der Waals surface area contributed by atoms with Gasteiger partial charge in [0.15, 0.2) is 0 Å². The van der Waals surface area contributed by atoms with Crippen LogP contribution in [0.4, 0.5) is 0 Å². The topological polar surface area (TPSA) is 4.93 Å². The van der Waals surface area contributed by atoms with Crippen LogP contribution in [-0.4, -0.2) is 4.57 Å². The fourth-order valence-corrected chi connectivity index (χ4v) is 8.29. The number of nitrogens with zero attached hydrogens (tertiary/aromatic N) is 1. The highest BCUT2D eigenvalue weighted by atomic mass is 15.0. The van der Waals surface area contributed by atoms with E-state index < -0.39 is 0 Å². The number of fused-ring (bicyclic) bond motifs is 13. The molecule has 0 aliphatic heterocycles. The molecule has 0 saturated heterocycles. The molecule has 0 amide bonds. The Hall–Kier alpha value is -5.40. The highest BCUT2D eigenvalue weighted by Crippen LogP contribution is 2.63. The first-order valence-electron chi connectivity index (χ1n) is 16.3. The molecule has 5 aromatic carbocycles. The zero-order valence-electron chi connectivity index (χ0n) is 26.6. The smallest absolute Gasteiger partial charge is 0.0725 e. The van der Waals surface area contributed by atoms with Gasteiger partial charge in [-0.3, -0.25) is 0 Å². The molecule has 2 aliphatic carbocycles. The molecule has 46 heavy (non-hydrogen) atoms. The summed E-state index contributed by atoms with van der Waals surface area (Å²) in [6.07, 6.45) is 14.5. The Morgan fingerprint density at radius 1 is 0.674 bits per heavy atom. The van der Waals surface area contributed by atoms with Crippen molar-refractivity contribution in [2.45, 2.75) is 32.1 Å². The van der Waals surface area contributed by atoms with Gasteiger partial charge >= 0.3 is 0 Å². The van der Waals surface area contributed by atoms with Crippen molar-refractivity contribution in [3.05, 3.63) is 181 Å². The number of allylic oxidation sites excluding steroid dienone is 8. The van der Waals surface area contributed by atoms with Gasteiger partial charge in [0.25, 0.3) is 0 Å². The van der Waals surface area contributed by atoms with Crippen molar-refractivity contribution in [3.63, 3.8) is 0 Å². The predicted octanol–water partition coefficient (Wildman–Crippen LogP) is 12.1. The summed E-state index contributed by atoms with van der Waals surface area (Å²) in [4.78, 5) is 0. The molecule has 1 aromatic heterocycles. The van der Waals surface area contributed by atoms with Gasteiger partial charge in [0, 0.05) is 16.5 Å². The quantitative estimate of drug-likeness (QED) is 0.128. The third kappa shape index (κ3) is 3.75. The molecule has 1 spiro atoms. The highest BCUT2D eigenvalue weighted by molar-refractivity contribution is 6.14. The Morgan fingerprint density at radius 3 is 1.87 bits per heavy atom. The molecule has 1 heteroatoms. The monoisotopic (exact) mass is 591 g/mol. The molecule has 0 radical (unpaired) electrons. The summed E-state index contributed by atoms with van der Waals surface area (Å²) in [5.41, 5.74) is 16.5. The van der Waals surface area contributed by atoms with Crippen LogP contribution in [0.3, 0.4) is 0 Å². The zero-order chi connectivity index (χ0) is 31.4. The number of benzene rings is 5. The van der Waals surface area contributed by atoms with Crippen LogP contribution in [0.5, 0.6) is 0 Å². The minimum Gasteiger partial charge on any atom is -0.309 e. The molecule has 8 rings (SSSR count). The average Bonchev–Trinajstić information content (AvgIpc) is 3.69. The van der Waals surface area contributed by atoms with Gasteiger partial charge in [0.2, 0.25) is 0 Å². The van der Waals surface area contributed by atoms with Gasteiger partial charge in [-0.15, -0.1) is 6.58 Å². The van der Waals surface area contributed by atoms with Crippen LogP contribution >= 0.6 is 0 Å². The van der Waals surface area contributed by atoms with Crippen LogP contribution < -0.4 is 0 Å². The fourth-order valence-electron chi connectivity index (χ4n) is 8.29. The molecule has 1 heterocycles. The van der Waals surface area contributed by atoms with Crippen LogP contribution in [0.1, 0.15) is 54.5 Å². The van der Waals surface area contributed by atoms with E-state index in [1.807, 2.05) is 12.2 Å².